The molecular weight excluding hydrogens is 278 g/mol. The Morgan fingerprint density at radius 2 is 2.00 bits per heavy atom. The molecule has 0 aliphatic rings. The van der Waals surface area contributed by atoms with E-state index >= 15 is 0 Å². The molecule has 114 valence electrons. The maximum atomic E-state index is 11.8. The van der Waals surface area contributed by atoms with Crippen molar-refractivity contribution in [1.82, 2.24) is 14.8 Å². The number of nitrogens with zero attached hydrogens (tertiary/aromatic N) is 3. The maximum absolute atomic E-state index is 11.8. The third-order valence-electron chi connectivity index (χ3n) is 3.11. The standard InChI is InChI=1S/C15H13N3O2.C2H6/c1-10-4-3-5-11(8-10)18-13-9-16-7-6-12(13)14(17-18)15(19)20-2;1-2/h3-9H,1-2H3;1-2H3. The number of hydrogen-bond donors (Lipinski definition) is 0. The van der Waals surface area contributed by atoms with Crippen molar-refractivity contribution in [2.75, 3.05) is 7.11 Å². The van der Waals surface area contributed by atoms with Crippen LogP contribution in [-0.4, -0.2) is 27.8 Å². The van der Waals surface area contributed by atoms with Crippen LogP contribution in [0.5, 0.6) is 0 Å². The van der Waals surface area contributed by atoms with Crippen LogP contribution in [0.15, 0.2) is 42.7 Å². The molecule has 0 radical (unpaired) electrons. The number of rotatable bonds is 2. The summed E-state index contributed by atoms with van der Waals surface area (Å²) in [5.74, 6) is -0.451. The van der Waals surface area contributed by atoms with Gasteiger partial charge >= 0.3 is 5.97 Å². The van der Waals surface area contributed by atoms with Crippen LogP contribution < -0.4 is 0 Å². The summed E-state index contributed by atoms with van der Waals surface area (Å²) in [5.41, 5.74) is 3.08. The van der Waals surface area contributed by atoms with Gasteiger partial charge in [-0.25, -0.2) is 9.48 Å². The molecule has 2 heterocycles. The summed E-state index contributed by atoms with van der Waals surface area (Å²) in [6.45, 7) is 6.01. The van der Waals surface area contributed by atoms with Gasteiger partial charge < -0.3 is 4.74 Å². The minimum atomic E-state index is -0.451. The summed E-state index contributed by atoms with van der Waals surface area (Å²) < 4.78 is 6.49. The number of aromatic nitrogens is 3. The fourth-order valence-corrected chi connectivity index (χ4v) is 2.17. The fraction of sp³-hybridized carbons (Fsp3) is 0.235. The van der Waals surface area contributed by atoms with Crippen molar-refractivity contribution in [3.8, 4) is 5.69 Å². The van der Waals surface area contributed by atoms with Crippen molar-refractivity contribution in [2.45, 2.75) is 20.8 Å². The van der Waals surface area contributed by atoms with E-state index in [2.05, 4.69) is 10.1 Å². The summed E-state index contributed by atoms with van der Waals surface area (Å²) >= 11 is 0. The van der Waals surface area contributed by atoms with E-state index < -0.39 is 5.97 Å². The van der Waals surface area contributed by atoms with Crippen molar-refractivity contribution in [3.05, 3.63) is 54.0 Å². The van der Waals surface area contributed by atoms with Gasteiger partial charge in [-0.3, -0.25) is 4.98 Å². The second-order valence-electron chi connectivity index (χ2n) is 4.48. The Morgan fingerprint density at radius 3 is 2.68 bits per heavy atom. The lowest BCUT2D eigenvalue weighted by Gasteiger charge is -2.03. The lowest BCUT2D eigenvalue weighted by atomic mass is 10.2. The topological polar surface area (TPSA) is 57.0 Å². The van der Waals surface area contributed by atoms with Gasteiger partial charge in [0, 0.05) is 11.6 Å². The Kier molecular flexibility index (Phi) is 4.88. The molecule has 0 fully saturated rings. The van der Waals surface area contributed by atoms with E-state index in [0.29, 0.717) is 5.69 Å². The summed E-state index contributed by atoms with van der Waals surface area (Å²) in [6.07, 6.45) is 3.33. The third-order valence-corrected chi connectivity index (χ3v) is 3.11. The lowest BCUT2D eigenvalue weighted by Crippen LogP contribution is -2.04. The van der Waals surface area contributed by atoms with Crippen LogP contribution in [0.3, 0.4) is 0 Å². The Hall–Kier alpha value is -2.69. The van der Waals surface area contributed by atoms with Gasteiger partial charge in [0.1, 0.15) is 0 Å². The summed E-state index contributed by atoms with van der Waals surface area (Å²) in [5, 5.41) is 5.10. The van der Waals surface area contributed by atoms with E-state index in [1.807, 2.05) is 45.0 Å². The highest BCUT2D eigenvalue weighted by molar-refractivity contribution is 6.02. The van der Waals surface area contributed by atoms with Gasteiger partial charge in [0.25, 0.3) is 0 Å². The highest BCUT2D eigenvalue weighted by atomic mass is 16.5. The zero-order chi connectivity index (χ0) is 16.1. The molecule has 0 spiro atoms. The first kappa shape index (κ1) is 15.7. The predicted octanol–water partition coefficient (Wildman–Crippen LogP) is 3.54. The number of fused-ring (bicyclic) bond motifs is 1. The molecule has 0 N–H and O–H groups in total. The normalized spacial score (nSPS) is 10.0. The first-order valence-corrected chi connectivity index (χ1v) is 7.19. The molecule has 5 heteroatoms. The average Bonchev–Trinajstić information content (AvgIpc) is 2.96. The van der Waals surface area contributed by atoms with E-state index in [0.717, 1.165) is 22.2 Å². The molecule has 3 aromatic rings. The van der Waals surface area contributed by atoms with E-state index in [-0.39, 0.29) is 0 Å². The Bertz CT molecular complexity index is 793. The van der Waals surface area contributed by atoms with Crippen molar-refractivity contribution in [1.29, 1.82) is 0 Å². The molecule has 0 unspecified atom stereocenters. The molecule has 0 aliphatic heterocycles. The predicted molar refractivity (Wildman–Crippen MR) is 86.3 cm³/mol. The molecule has 0 atom stereocenters. The SMILES string of the molecule is CC.COC(=O)c1nn(-c2cccc(C)c2)c2cnccc12. The van der Waals surface area contributed by atoms with Gasteiger partial charge in [-0.15, -0.1) is 0 Å². The minimum Gasteiger partial charge on any atom is -0.464 e. The largest absolute Gasteiger partial charge is 0.464 e. The number of carbonyl (C=O) groups is 1. The smallest absolute Gasteiger partial charge is 0.359 e. The number of esters is 1. The monoisotopic (exact) mass is 297 g/mol. The van der Waals surface area contributed by atoms with Crippen molar-refractivity contribution in [3.63, 3.8) is 0 Å². The Labute approximate surface area is 129 Å². The maximum Gasteiger partial charge on any atom is 0.359 e. The van der Waals surface area contributed by atoms with Crippen molar-refractivity contribution < 1.29 is 9.53 Å². The number of benzene rings is 1. The van der Waals surface area contributed by atoms with Crippen LogP contribution in [0.25, 0.3) is 16.6 Å². The first-order chi connectivity index (χ1) is 10.7. The number of carbonyl (C=O) groups excluding carboxylic acids is 1. The molecule has 0 bridgehead atoms. The summed E-state index contributed by atoms with van der Waals surface area (Å²) in [7, 11) is 1.35. The molecule has 0 saturated heterocycles. The van der Waals surface area contributed by atoms with Crippen LogP contribution in [0.2, 0.25) is 0 Å². The van der Waals surface area contributed by atoms with Gasteiger partial charge in [0.15, 0.2) is 5.69 Å². The molecule has 0 aliphatic carbocycles. The average molecular weight is 297 g/mol. The Morgan fingerprint density at radius 1 is 1.23 bits per heavy atom. The van der Waals surface area contributed by atoms with Crippen LogP contribution in [-0.2, 0) is 4.74 Å². The number of ether oxygens (including phenoxy) is 1. The number of methoxy groups -OCH3 is 1. The van der Waals surface area contributed by atoms with Crippen LogP contribution in [0.4, 0.5) is 0 Å². The third kappa shape index (κ3) is 2.83. The lowest BCUT2D eigenvalue weighted by molar-refractivity contribution is 0.0595. The van der Waals surface area contributed by atoms with E-state index in [1.165, 1.54) is 7.11 Å². The zero-order valence-corrected chi connectivity index (χ0v) is 13.2. The van der Waals surface area contributed by atoms with Gasteiger partial charge in [0.2, 0.25) is 0 Å². The number of pyridine rings is 1. The van der Waals surface area contributed by atoms with Crippen LogP contribution >= 0.6 is 0 Å². The number of hydrogen-bond acceptors (Lipinski definition) is 4. The second kappa shape index (κ2) is 6.85. The van der Waals surface area contributed by atoms with Crippen LogP contribution in [0, 0.1) is 6.92 Å². The Balaban J connectivity index is 0.000000847. The highest BCUT2D eigenvalue weighted by Crippen LogP contribution is 2.22. The minimum absolute atomic E-state index is 0.298. The van der Waals surface area contributed by atoms with E-state index in [9.17, 15) is 4.79 Å². The molecule has 0 saturated carbocycles. The number of aryl methyl sites for hydroxylation is 1. The molecule has 5 nitrogen and oxygen atoms in total. The van der Waals surface area contributed by atoms with Crippen LogP contribution in [0.1, 0.15) is 29.9 Å². The van der Waals surface area contributed by atoms with Gasteiger partial charge in [0.05, 0.1) is 24.5 Å². The molecular formula is C17H19N3O2. The zero-order valence-electron chi connectivity index (χ0n) is 13.2. The van der Waals surface area contributed by atoms with E-state index in [4.69, 9.17) is 4.74 Å². The summed E-state index contributed by atoms with van der Waals surface area (Å²) in [4.78, 5) is 15.9. The van der Waals surface area contributed by atoms with Gasteiger partial charge in [-0.1, -0.05) is 26.0 Å². The molecule has 2 aromatic heterocycles. The quantitative estimate of drug-likeness (QED) is 0.679. The molecule has 3 rings (SSSR count). The highest BCUT2D eigenvalue weighted by Gasteiger charge is 2.18. The first-order valence-electron chi connectivity index (χ1n) is 7.19. The van der Waals surface area contributed by atoms with Gasteiger partial charge in [-0.2, -0.15) is 5.10 Å². The summed E-state index contributed by atoms with van der Waals surface area (Å²) in [6, 6.07) is 9.66. The van der Waals surface area contributed by atoms with E-state index in [1.54, 1.807) is 23.1 Å². The van der Waals surface area contributed by atoms with Crippen molar-refractivity contribution >= 4 is 16.9 Å². The van der Waals surface area contributed by atoms with Gasteiger partial charge in [-0.05, 0) is 30.7 Å². The molecule has 1 aromatic carbocycles. The molecule has 22 heavy (non-hydrogen) atoms. The molecule has 0 amide bonds. The second-order valence-corrected chi connectivity index (χ2v) is 4.48. The fourth-order valence-electron chi connectivity index (χ4n) is 2.17. The van der Waals surface area contributed by atoms with Crippen molar-refractivity contribution in [2.24, 2.45) is 0 Å².